The number of allylic oxidation sites excluding steroid dienone is 2. The van der Waals surface area contributed by atoms with E-state index in [0.717, 1.165) is 18.9 Å². The van der Waals surface area contributed by atoms with Crippen LogP contribution in [0.3, 0.4) is 0 Å². The second-order valence-electron chi connectivity index (χ2n) is 2.46. The van der Waals surface area contributed by atoms with Crippen LogP contribution in [0.2, 0.25) is 0 Å². The molecule has 1 N–H and O–H groups in total. The first kappa shape index (κ1) is 12.3. The highest BCUT2D eigenvalue weighted by atomic mass is 32.1. The molecular weight excluding hydrogens is 180 g/mol. The van der Waals surface area contributed by atoms with Gasteiger partial charge in [-0.25, -0.2) is 0 Å². The minimum atomic E-state index is 0.662. The fraction of sp³-hybridized carbons (Fsp3) is 0.500. The Labute approximate surface area is 86.2 Å². The van der Waals surface area contributed by atoms with E-state index in [1.807, 2.05) is 32.1 Å². The van der Waals surface area contributed by atoms with Crippen LogP contribution in [0.15, 0.2) is 29.3 Å². The average molecular weight is 198 g/mol. The van der Waals surface area contributed by atoms with E-state index in [0.29, 0.717) is 5.75 Å². The first-order valence-corrected chi connectivity index (χ1v) is 5.08. The minimum Gasteiger partial charge on any atom is -0.370 e. The van der Waals surface area contributed by atoms with Gasteiger partial charge in [0.25, 0.3) is 0 Å². The maximum absolute atomic E-state index is 4.31. The standard InChI is InChI=1S/C10H18N2S/c1-3-5-7-11-10(9-13)12-8-6-4-2/h3-6,13H,7-9H2,1-2H3,(H,11,12)/b5-3-,6-4-. The van der Waals surface area contributed by atoms with Gasteiger partial charge in [-0.2, -0.15) is 12.6 Å². The molecule has 0 radical (unpaired) electrons. The van der Waals surface area contributed by atoms with Crippen molar-refractivity contribution in [2.45, 2.75) is 13.8 Å². The second-order valence-corrected chi connectivity index (χ2v) is 2.78. The molecule has 0 saturated carbocycles. The number of amidine groups is 1. The van der Waals surface area contributed by atoms with E-state index in [1.54, 1.807) is 0 Å². The van der Waals surface area contributed by atoms with E-state index in [-0.39, 0.29) is 0 Å². The smallest absolute Gasteiger partial charge is 0.107 e. The van der Waals surface area contributed by atoms with Gasteiger partial charge in [-0.3, -0.25) is 4.99 Å². The molecule has 0 atom stereocenters. The third kappa shape index (κ3) is 7.65. The molecule has 13 heavy (non-hydrogen) atoms. The Morgan fingerprint density at radius 2 is 2.00 bits per heavy atom. The number of thiol groups is 1. The van der Waals surface area contributed by atoms with Crippen molar-refractivity contribution >= 4 is 18.5 Å². The maximum Gasteiger partial charge on any atom is 0.107 e. The number of aliphatic imine (C=N–C) groups is 1. The molecule has 0 spiro atoms. The van der Waals surface area contributed by atoms with Crippen molar-refractivity contribution < 1.29 is 0 Å². The topological polar surface area (TPSA) is 24.4 Å². The van der Waals surface area contributed by atoms with Crippen LogP contribution in [0.1, 0.15) is 13.8 Å². The van der Waals surface area contributed by atoms with Gasteiger partial charge >= 0.3 is 0 Å². The zero-order chi connectivity index (χ0) is 9.94. The Morgan fingerprint density at radius 1 is 1.31 bits per heavy atom. The molecule has 0 rings (SSSR count). The number of hydrogen-bond donors (Lipinski definition) is 2. The Balaban J connectivity index is 3.79. The first-order chi connectivity index (χ1) is 6.35. The van der Waals surface area contributed by atoms with Crippen molar-refractivity contribution in [3.05, 3.63) is 24.3 Å². The number of hydrogen-bond acceptors (Lipinski definition) is 2. The molecule has 0 saturated heterocycles. The lowest BCUT2D eigenvalue weighted by molar-refractivity contribution is 1.01. The van der Waals surface area contributed by atoms with Crippen molar-refractivity contribution in [2.75, 3.05) is 18.8 Å². The molecule has 3 heteroatoms. The molecule has 74 valence electrons. The Morgan fingerprint density at radius 3 is 2.54 bits per heavy atom. The zero-order valence-electron chi connectivity index (χ0n) is 8.33. The molecule has 0 aliphatic carbocycles. The molecule has 0 aromatic rings. The van der Waals surface area contributed by atoms with Crippen LogP contribution in [0.25, 0.3) is 0 Å². The van der Waals surface area contributed by atoms with E-state index in [9.17, 15) is 0 Å². The van der Waals surface area contributed by atoms with Gasteiger partial charge < -0.3 is 5.32 Å². The molecule has 0 bridgehead atoms. The molecule has 0 aromatic heterocycles. The third-order valence-electron chi connectivity index (χ3n) is 1.43. The average Bonchev–Trinajstić information content (AvgIpc) is 2.16. The summed E-state index contributed by atoms with van der Waals surface area (Å²) in [7, 11) is 0. The molecular formula is C10H18N2S. The summed E-state index contributed by atoms with van der Waals surface area (Å²) in [5.41, 5.74) is 0. The highest BCUT2D eigenvalue weighted by molar-refractivity contribution is 7.81. The lowest BCUT2D eigenvalue weighted by atomic mass is 10.5. The number of nitrogens with zero attached hydrogens (tertiary/aromatic N) is 1. The van der Waals surface area contributed by atoms with Crippen LogP contribution in [0, 0.1) is 0 Å². The lowest BCUT2D eigenvalue weighted by Crippen LogP contribution is -2.25. The van der Waals surface area contributed by atoms with E-state index < -0.39 is 0 Å². The Bertz CT molecular complexity index is 195. The lowest BCUT2D eigenvalue weighted by Gasteiger charge is -2.03. The Hall–Kier alpha value is -0.700. The van der Waals surface area contributed by atoms with Crippen LogP contribution in [0.5, 0.6) is 0 Å². The van der Waals surface area contributed by atoms with Crippen LogP contribution in [0.4, 0.5) is 0 Å². The van der Waals surface area contributed by atoms with Gasteiger partial charge in [0.15, 0.2) is 0 Å². The first-order valence-electron chi connectivity index (χ1n) is 4.45. The summed E-state index contributed by atoms with van der Waals surface area (Å²) in [6.07, 6.45) is 8.07. The van der Waals surface area contributed by atoms with Crippen molar-refractivity contribution in [2.24, 2.45) is 4.99 Å². The molecule has 0 heterocycles. The number of nitrogens with one attached hydrogen (secondary N) is 1. The van der Waals surface area contributed by atoms with Crippen LogP contribution in [-0.4, -0.2) is 24.7 Å². The van der Waals surface area contributed by atoms with Crippen molar-refractivity contribution in [1.82, 2.24) is 5.32 Å². The maximum atomic E-state index is 4.31. The van der Waals surface area contributed by atoms with E-state index in [4.69, 9.17) is 0 Å². The third-order valence-corrected chi connectivity index (χ3v) is 1.73. The molecule has 0 aliphatic heterocycles. The van der Waals surface area contributed by atoms with Gasteiger partial charge in [0, 0.05) is 12.3 Å². The van der Waals surface area contributed by atoms with Gasteiger partial charge in [-0.05, 0) is 13.8 Å². The van der Waals surface area contributed by atoms with Crippen LogP contribution in [-0.2, 0) is 0 Å². The summed E-state index contributed by atoms with van der Waals surface area (Å²) in [6, 6.07) is 0. The van der Waals surface area contributed by atoms with Gasteiger partial charge in [0.05, 0.1) is 6.54 Å². The van der Waals surface area contributed by atoms with Gasteiger partial charge in [-0.1, -0.05) is 24.3 Å². The summed E-state index contributed by atoms with van der Waals surface area (Å²) >= 11 is 4.18. The molecule has 0 unspecified atom stereocenters. The van der Waals surface area contributed by atoms with Crippen molar-refractivity contribution in [3.8, 4) is 0 Å². The quantitative estimate of drug-likeness (QED) is 0.300. The highest BCUT2D eigenvalue weighted by Crippen LogP contribution is 1.82. The SMILES string of the molecule is C/C=C\CN=C(CS)NC/C=C\C. The molecule has 0 amide bonds. The largest absolute Gasteiger partial charge is 0.370 e. The van der Waals surface area contributed by atoms with Crippen molar-refractivity contribution in [3.63, 3.8) is 0 Å². The summed E-state index contributed by atoms with van der Waals surface area (Å²) in [4.78, 5) is 4.31. The van der Waals surface area contributed by atoms with Crippen LogP contribution >= 0.6 is 12.6 Å². The predicted octanol–water partition coefficient (Wildman–Crippen LogP) is 2.06. The summed E-state index contributed by atoms with van der Waals surface area (Å²) < 4.78 is 0. The zero-order valence-corrected chi connectivity index (χ0v) is 9.22. The van der Waals surface area contributed by atoms with E-state index in [1.165, 1.54) is 0 Å². The number of rotatable bonds is 5. The molecule has 0 fully saturated rings. The summed E-state index contributed by atoms with van der Waals surface area (Å²) in [5.74, 6) is 1.61. The van der Waals surface area contributed by atoms with Gasteiger partial charge in [-0.15, -0.1) is 0 Å². The normalized spacial score (nSPS) is 13.0. The minimum absolute atomic E-state index is 0.662. The molecule has 0 aromatic carbocycles. The fourth-order valence-corrected chi connectivity index (χ4v) is 0.937. The van der Waals surface area contributed by atoms with E-state index >= 15 is 0 Å². The highest BCUT2D eigenvalue weighted by Gasteiger charge is 1.90. The second kappa shape index (κ2) is 9.39. The van der Waals surface area contributed by atoms with Gasteiger partial charge in [0.1, 0.15) is 5.84 Å². The molecule has 0 aliphatic rings. The van der Waals surface area contributed by atoms with E-state index in [2.05, 4.69) is 29.0 Å². The fourth-order valence-electron chi connectivity index (χ4n) is 0.725. The van der Waals surface area contributed by atoms with Crippen LogP contribution < -0.4 is 5.32 Å². The molecule has 2 nitrogen and oxygen atoms in total. The summed E-state index contributed by atoms with van der Waals surface area (Å²) in [6.45, 7) is 5.54. The van der Waals surface area contributed by atoms with Crippen molar-refractivity contribution in [1.29, 1.82) is 0 Å². The summed E-state index contributed by atoms with van der Waals surface area (Å²) in [5, 5.41) is 3.18. The van der Waals surface area contributed by atoms with Gasteiger partial charge in [0.2, 0.25) is 0 Å². The Kier molecular flexibility index (Phi) is 8.88. The predicted molar refractivity (Wildman–Crippen MR) is 63.8 cm³/mol. The monoisotopic (exact) mass is 198 g/mol.